The van der Waals surface area contributed by atoms with E-state index >= 15 is 0 Å². The van der Waals surface area contributed by atoms with Gasteiger partial charge in [0.05, 0.1) is 0 Å². The number of carbonyl (C=O) groups is 1. The number of unbranched alkanes of at least 4 members (excludes halogenated alkanes) is 2. The Labute approximate surface area is 137 Å². The predicted molar refractivity (Wildman–Crippen MR) is 93.1 cm³/mol. The summed E-state index contributed by atoms with van der Waals surface area (Å²) in [7, 11) is 0. The third-order valence-electron chi connectivity index (χ3n) is 4.70. The molecule has 0 aliphatic carbocycles. The molecule has 0 N–H and O–H groups in total. The zero-order valence-electron chi connectivity index (χ0n) is 15.5. The van der Waals surface area contributed by atoms with Gasteiger partial charge in [0.25, 0.3) is 0 Å². The van der Waals surface area contributed by atoms with E-state index in [9.17, 15) is 4.79 Å². The second-order valence-electron chi connectivity index (χ2n) is 7.85. The Morgan fingerprint density at radius 1 is 1.09 bits per heavy atom. The molecule has 0 aromatic rings. The van der Waals surface area contributed by atoms with Gasteiger partial charge in [-0.2, -0.15) is 0 Å². The third kappa shape index (κ3) is 7.02. The molecular formula is C19H37NO2. The van der Waals surface area contributed by atoms with Gasteiger partial charge in [0.2, 0.25) is 0 Å². The highest BCUT2D eigenvalue weighted by molar-refractivity contribution is 5.68. The molecule has 0 aromatic carbocycles. The second-order valence-corrected chi connectivity index (χ2v) is 7.85. The summed E-state index contributed by atoms with van der Waals surface area (Å²) in [5.41, 5.74) is -0.390. The lowest BCUT2D eigenvalue weighted by Crippen LogP contribution is -2.42. The molecular weight excluding hydrogens is 274 g/mol. The van der Waals surface area contributed by atoms with Crippen molar-refractivity contribution < 1.29 is 9.53 Å². The molecule has 130 valence electrons. The fourth-order valence-corrected chi connectivity index (χ4v) is 3.52. The molecule has 1 fully saturated rings. The Bertz CT molecular complexity index is 314. The summed E-state index contributed by atoms with van der Waals surface area (Å²) in [5, 5.41) is 0. The largest absolute Gasteiger partial charge is 0.444 e. The molecule has 0 bridgehead atoms. The number of nitrogens with zero attached hydrogens (tertiary/aromatic N) is 1. The van der Waals surface area contributed by atoms with Crippen LogP contribution in [0.3, 0.4) is 0 Å². The molecule has 3 nitrogen and oxygen atoms in total. The highest BCUT2D eigenvalue weighted by Crippen LogP contribution is 2.32. The minimum atomic E-state index is -0.390. The van der Waals surface area contributed by atoms with Crippen LogP contribution in [0.2, 0.25) is 0 Å². The van der Waals surface area contributed by atoms with Gasteiger partial charge in [-0.3, -0.25) is 0 Å². The Hall–Kier alpha value is -0.730. The van der Waals surface area contributed by atoms with Gasteiger partial charge in [0.15, 0.2) is 0 Å². The molecule has 1 rings (SSSR count). The summed E-state index contributed by atoms with van der Waals surface area (Å²) in [6.45, 7) is 12.1. The molecule has 1 aliphatic heterocycles. The van der Waals surface area contributed by atoms with Crippen LogP contribution in [0.25, 0.3) is 0 Å². The van der Waals surface area contributed by atoms with Crippen LogP contribution in [0.5, 0.6) is 0 Å². The van der Waals surface area contributed by atoms with Gasteiger partial charge >= 0.3 is 6.09 Å². The standard InChI is InChI=1S/C19H37NO2/c1-6-8-9-11-16(10-7-2)17-12-14-20(15-13-17)18(21)22-19(3,4)5/h16-17H,6-15H2,1-5H3. The van der Waals surface area contributed by atoms with E-state index in [-0.39, 0.29) is 6.09 Å². The molecule has 1 unspecified atom stereocenters. The summed E-state index contributed by atoms with van der Waals surface area (Å²) in [6, 6.07) is 0. The lowest BCUT2D eigenvalue weighted by molar-refractivity contribution is 0.0153. The fraction of sp³-hybridized carbons (Fsp3) is 0.947. The number of rotatable bonds is 7. The average molecular weight is 312 g/mol. The number of amides is 1. The number of carbonyl (C=O) groups excluding carboxylic acids is 1. The van der Waals surface area contributed by atoms with Crippen molar-refractivity contribution in [2.45, 2.75) is 91.6 Å². The van der Waals surface area contributed by atoms with Crippen LogP contribution in [0.15, 0.2) is 0 Å². The number of hydrogen-bond acceptors (Lipinski definition) is 2. The lowest BCUT2D eigenvalue weighted by atomic mass is 9.79. The van der Waals surface area contributed by atoms with Crippen LogP contribution in [-0.2, 0) is 4.74 Å². The number of piperidine rings is 1. The average Bonchev–Trinajstić information content (AvgIpc) is 2.45. The molecule has 22 heavy (non-hydrogen) atoms. The summed E-state index contributed by atoms with van der Waals surface area (Å²) < 4.78 is 5.49. The van der Waals surface area contributed by atoms with Gasteiger partial charge < -0.3 is 9.64 Å². The Kier molecular flexibility index (Phi) is 8.27. The van der Waals surface area contributed by atoms with E-state index in [4.69, 9.17) is 4.74 Å². The summed E-state index contributed by atoms with van der Waals surface area (Å²) >= 11 is 0. The second kappa shape index (κ2) is 9.42. The van der Waals surface area contributed by atoms with E-state index in [0.29, 0.717) is 0 Å². The van der Waals surface area contributed by atoms with Crippen LogP contribution in [-0.4, -0.2) is 29.7 Å². The topological polar surface area (TPSA) is 29.5 Å². The summed E-state index contributed by atoms with van der Waals surface area (Å²) in [4.78, 5) is 14.0. The van der Waals surface area contributed by atoms with Crippen molar-refractivity contribution in [1.29, 1.82) is 0 Å². The van der Waals surface area contributed by atoms with Crippen LogP contribution >= 0.6 is 0 Å². The fourth-order valence-electron chi connectivity index (χ4n) is 3.52. The molecule has 3 heteroatoms. The molecule has 0 spiro atoms. The lowest BCUT2D eigenvalue weighted by Gasteiger charge is -2.37. The van der Waals surface area contributed by atoms with Crippen molar-refractivity contribution in [3.63, 3.8) is 0 Å². The number of likely N-dealkylation sites (tertiary alicyclic amines) is 1. The van der Waals surface area contributed by atoms with Gasteiger partial charge in [-0.05, 0) is 45.4 Å². The Balaban J connectivity index is 2.42. The van der Waals surface area contributed by atoms with Crippen LogP contribution in [0.1, 0.15) is 86.0 Å². The number of hydrogen-bond donors (Lipinski definition) is 0. The summed E-state index contributed by atoms with van der Waals surface area (Å²) in [5.74, 6) is 1.66. The molecule has 1 atom stereocenters. The Morgan fingerprint density at radius 2 is 1.73 bits per heavy atom. The zero-order chi connectivity index (χ0) is 16.6. The van der Waals surface area contributed by atoms with E-state index in [1.165, 1.54) is 38.5 Å². The van der Waals surface area contributed by atoms with Gasteiger partial charge in [-0.1, -0.05) is 52.4 Å². The first-order chi connectivity index (χ1) is 10.4. The summed E-state index contributed by atoms with van der Waals surface area (Å²) in [6.07, 6.45) is 10.2. The van der Waals surface area contributed by atoms with E-state index in [1.54, 1.807) is 0 Å². The molecule has 1 amide bonds. The molecule has 0 radical (unpaired) electrons. The predicted octanol–water partition coefficient (Wildman–Crippen LogP) is 5.63. The highest BCUT2D eigenvalue weighted by atomic mass is 16.6. The van der Waals surface area contributed by atoms with Crippen molar-refractivity contribution in [1.82, 2.24) is 4.90 Å². The van der Waals surface area contributed by atoms with Crippen LogP contribution in [0.4, 0.5) is 4.79 Å². The van der Waals surface area contributed by atoms with Crippen molar-refractivity contribution in [3.8, 4) is 0 Å². The first-order valence-electron chi connectivity index (χ1n) is 9.35. The normalized spacial score (nSPS) is 18.3. The van der Waals surface area contributed by atoms with E-state index in [0.717, 1.165) is 37.8 Å². The quantitative estimate of drug-likeness (QED) is 0.570. The SMILES string of the molecule is CCCCCC(CCC)C1CCN(C(=O)OC(C)(C)C)CC1. The smallest absolute Gasteiger partial charge is 0.410 e. The Morgan fingerprint density at radius 3 is 2.23 bits per heavy atom. The highest BCUT2D eigenvalue weighted by Gasteiger charge is 2.30. The first kappa shape index (κ1) is 19.3. The number of ether oxygens (including phenoxy) is 1. The van der Waals surface area contributed by atoms with E-state index in [1.807, 2.05) is 25.7 Å². The minimum Gasteiger partial charge on any atom is -0.444 e. The third-order valence-corrected chi connectivity index (χ3v) is 4.70. The molecule has 0 saturated carbocycles. The van der Waals surface area contributed by atoms with Crippen LogP contribution < -0.4 is 0 Å². The maximum Gasteiger partial charge on any atom is 0.410 e. The van der Waals surface area contributed by atoms with Gasteiger partial charge in [0.1, 0.15) is 5.60 Å². The van der Waals surface area contributed by atoms with E-state index in [2.05, 4.69) is 13.8 Å². The van der Waals surface area contributed by atoms with Crippen molar-refractivity contribution in [2.75, 3.05) is 13.1 Å². The molecule has 1 saturated heterocycles. The van der Waals surface area contributed by atoms with Crippen molar-refractivity contribution >= 4 is 6.09 Å². The van der Waals surface area contributed by atoms with Crippen molar-refractivity contribution in [3.05, 3.63) is 0 Å². The first-order valence-corrected chi connectivity index (χ1v) is 9.35. The zero-order valence-corrected chi connectivity index (χ0v) is 15.5. The maximum absolute atomic E-state index is 12.1. The molecule has 0 aromatic heterocycles. The van der Waals surface area contributed by atoms with Gasteiger partial charge in [-0.15, -0.1) is 0 Å². The monoisotopic (exact) mass is 311 g/mol. The van der Waals surface area contributed by atoms with E-state index < -0.39 is 5.60 Å². The maximum atomic E-state index is 12.1. The van der Waals surface area contributed by atoms with Crippen LogP contribution in [0, 0.1) is 11.8 Å². The molecule has 1 heterocycles. The van der Waals surface area contributed by atoms with Crippen molar-refractivity contribution in [2.24, 2.45) is 11.8 Å². The molecule has 1 aliphatic rings. The van der Waals surface area contributed by atoms with Gasteiger partial charge in [-0.25, -0.2) is 4.79 Å². The van der Waals surface area contributed by atoms with Gasteiger partial charge in [0, 0.05) is 13.1 Å². The minimum absolute atomic E-state index is 0.135.